The molecule has 1 unspecified atom stereocenters. The molecule has 0 radical (unpaired) electrons. The lowest BCUT2D eigenvalue weighted by Crippen LogP contribution is -2.19. The van der Waals surface area contributed by atoms with Crippen LogP contribution >= 0.6 is 0 Å². The van der Waals surface area contributed by atoms with Crippen LogP contribution in [0.25, 0.3) is 6.08 Å². The van der Waals surface area contributed by atoms with Crippen LogP contribution in [0.15, 0.2) is 53.4 Å². The highest BCUT2D eigenvalue weighted by molar-refractivity contribution is 7.87. The largest absolute Gasteiger partial charge is 0.379 e. The summed E-state index contributed by atoms with van der Waals surface area (Å²) in [6.07, 6.45) is 3.75. The van der Waals surface area contributed by atoms with Gasteiger partial charge in [0.25, 0.3) is 0 Å². The quantitative estimate of drug-likeness (QED) is 0.801. The molecule has 5 nitrogen and oxygen atoms in total. The molecule has 0 aliphatic heterocycles. The minimum absolute atomic E-state index is 0.0851. The van der Waals surface area contributed by atoms with E-state index in [1.165, 1.54) is 30.4 Å². The minimum atomic E-state index is -4.11. The number of nitrogens with one attached hydrogen (secondary N) is 1. The maximum Gasteiger partial charge on any atom is 0.339 e. The van der Waals surface area contributed by atoms with E-state index in [2.05, 4.69) is 13.8 Å². The van der Waals surface area contributed by atoms with Gasteiger partial charge in [-0.25, -0.2) is 0 Å². The van der Waals surface area contributed by atoms with Crippen molar-refractivity contribution in [3.8, 4) is 5.75 Å². The fourth-order valence-electron chi connectivity index (χ4n) is 2.78. The molecule has 3 rings (SSSR count). The number of ketones is 1. The molecule has 0 saturated heterocycles. The van der Waals surface area contributed by atoms with Crippen LogP contribution in [0.3, 0.4) is 0 Å². The predicted molar refractivity (Wildman–Crippen MR) is 100 cm³/mol. The highest BCUT2D eigenvalue weighted by atomic mass is 32.2. The fourth-order valence-corrected chi connectivity index (χ4v) is 3.93. The van der Waals surface area contributed by atoms with E-state index in [0.29, 0.717) is 5.92 Å². The lowest BCUT2D eigenvalue weighted by molar-refractivity contribution is 0.106. The molecule has 1 aliphatic rings. The van der Waals surface area contributed by atoms with Crippen molar-refractivity contribution in [2.24, 2.45) is 0 Å². The first kappa shape index (κ1) is 18.1. The van der Waals surface area contributed by atoms with Crippen molar-refractivity contribution in [1.82, 2.24) is 0 Å². The van der Waals surface area contributed by atoms with Crippen molar-refractivity contribution in [3.05, 3.63) is 65.2 Å². The molecule has 1 aliphatic carbocycles. The van der Waals surface area contributed by atoms with Gasteiger partial charge in [-0.3, -0.25) is 10.2 Å². The van der Waals surface area contributed by atoms with Gasteiger partial charge in [0.15, 0.2) is 0 Å². The number of carbonyl (C=O) groups is 1. The Balaban J connectivity index is 1.95. The van der Waals surface area contributed by atoms with Crippen molar-refractivity contribution in [3.63, 3.8) is 0 Å². The topological polar surface area (TPSA) is 84.3 Å². The predicted octanol–water partition coefficient (Wildman–Crippen LogP) is 4.20. The molecule has 134 valence electrons. The van der Waals surface area contributed by atoms with Gasteiger partial charge in [-0.05, 0) is 42.2 Å². The number of fused-ring (bicyclic) bond motifs is 1. The zero-order chi connectivity index (χ0) is 18.9. The molecule has 1 N–H and O–H groups in total. The molecule has 0 amide bonds. The molecule has 2 aromatic rings. The summed E-state index contributed by atoms with van der Waals surface area (Å²) in [6, 6.07) is 11.3. The summed E-state index contributed by atoms with van der Waals surface area (Å²) >= 11 is 0. The second-order valence-electron chi connectivity index (χ2n) is 6.21. The Labute approximate surface area is 153 Å². The molecule has 2 aromatic carbocycles. The molecule has 0 heterocycles. The molecular formula is C20H19NO4S. The Morgan fingerprint density at radius 3 is 2.42 bits per heavy atom. The van der Waals surface area contributed by atoms with Gasteiger partial charge in [-0.2, -0.15) is 8.42 Å². The lowest BCUT2D eigenvalue weighted by atomic mass is 9.95. The summed E-state index contributed by atoms with van der Waals surface area (Å²) in [6.45, 7) is 4.19. The van der Waals surface area contributed by atoms with Gasteiger partial charge in [-0.15, -0.1) is 0 Å². The van der Waals surface area contributed by atoms with Crippen LogP contribution in [0.4, 0.5) is 0 Å². The summed E-state index contributed by atoms with van der Waals surface area (Å²) in [5.41, 5.74) is 1.38. The SMILES string of the molecule is CCC(C)c1ccc(OS(=O)(=O)c2cccc3c2C=CC(=N)C3=O)cc1. The standard InChI is InChI=1S/C20H19NO4S/c1-3-13(2)14-7-9-15(10-8-14)25-26(23,24)19-6-4-5-17-16(19)11-12-18(21)20(17)22/h4-13,21H,3H2,1-2H3. The number of benzene rings is 2. The van der Waals surface area contributed by atoms with Crippen LogP contribution in [0.2, 0.25) is 0 Å². The average Bonchev–Trinajstić information content (AvgIpc) is 2.64. The average molecular weight is 369 g/mol. The Hall–Kier alpha value is -2.73. The Morgan fingerprint density at radius 1 is 1.08 bits per heavy atom. The lowest BCUT2D eigenvalue weighted by Gasteiger charge is -2.15. The third-order valence-corrected chi connectivity index (χ3v) is 5.82. The number of allylic oxidation sites excluding steroid dienone is 1. The van der Waals surface area contributed by atoms with Gasteiger partial charge < -0.3 is 4.18 Å². The number of carbonyl (C=O) groups excluding carboxylic acids is 1. The monoisotopic (exact) mass is 369 g/mol. The van der Waals surface area contributed by atoms with E-state index in [9.17, 15) is 13.2 Å². The molecule has 0 fully saturated rings. The van der Waals surface area contributed by atoms with E-state index in [4.69, 9.17) is 9.59 Å². The Morgan fingerprint density at radius 2 is 1.77 bits per heavy atom. The molecular weight excluding hydrogens is 350 g/mol. The van der Waals surface area contributed by atoms with E-state index >= 15 is 0 Å². The Kier molecular flexibility index (Phi) is 4.78. The van der Waals surface area contributed by atoms with Crippen LogP contribution < -0.4 is 4.18 Å². The van der Waals surface area contributed by atoms with Crippen LogP contribution in [-0.4, -0.2) is 19.9 Å². The summed E-state index contributed by atoms with van der Waals surface area (Å²) < 4.78 is 30.7. The summed E-state index contributed by atoms with van der Waals surface area (Å²) in [5, 5.41) is 7.58. The zero-order valence-electron chi connectivity index (χ0n) is 14.5. The second kappa shape index (κ2) is 6.88. The molecule has 1 atom stereocenters. The summed E-state index contributed by atoms with van der Waals surface area (Å²) in [4.78, 5) is 12.0. The van der Waals surface area contributed by atoms with Gasteiger partial charge in [-0.1, -0.05) is 44.2 Å². The van der Waals surface area contributed by atoms with Gasteiger partial charge in [0, 0.05) is 11.1 Å². The van der Waals surface area contributed by atoms with Gasteiger partial charge in [0.2, 0.25) is 5.78 Å². The minimum Gasteiger partial charge on any atom is -0.379 e. The second-order valence-corrected chi connectivity index (χ2v) is 7.72. The van der Waals surface area contributed by atoms with Crippen LogP contribution in [0.1, 0.15) is 47.7 Å². The fraction of sp³-hybridized carbons (Fsp3) is 0.200. The summed E-state index contributed by atoms with van der Waals surface area (Å²) in [5.74, 6) is 0.0965. The molecule has 6 heteroatoms. The van der Waals surface area contributed by atoms with E-state index in [1.807, 2.05) is 12.1 Å². The van der Waals surface area contributed by atoms with Crippen molar-refractivity contribution < 1.29 is 17.4 Å². The van der Waals surface area contributed by atoms with E-state index in [-0.39, 0.29) is 27.5 Å². The van der Waals surface area contributed by atoms with E-state index in [0.717, 1.165) is 12.0 Å². The molecule has 0 bridgehead atoms. The van der Waals surface area contributed by atoms with Crippen molar-refractivity contribution in [1.29, 1.82) is 5.41 Å². The van der Waals surface area contributed by atoms with Gasteiger partial charge >= 0.3 is 10.1 Å². The van der Waals surface area contributed by atoms with Crippen molar-refractivity contribution in [2.75, 3.05) is 0 Å². The first-order valence-electron chi connectivity index (χ1n) is 8.32. The third-order valence-electron chi connectivity index (χ3n) is 4.51. The number of hydrogen-bond acceptors (Lipinski definition) is 5. The molecule has 0 spiro atoms. The number of Topliss-reactive ketones (excluding diaryl/α,β-unsaturated/α-hetero) is 1. The summed E-state index contributed by atoms with van der Waals surface area (Å²) in [7, 11) is -4.11. The van der Waals surface area contributed by atoms with Crippen molar-refractivity contribution in [2.45, 2.75) is 31.1 Å². The van der Waals surface area contributed by atoms with Crippen LogP contribution in [-0.2, 0) is 10.1 Å². The highest BCUT2D eigenvalue weighted by Crippen LogP contribution is 2.28. The maximum atomic E-state index is 12.7. The number of hydrogen-bond donors (Lipinski definition) is 1. The van der Waals surface area contributed by atoms with Gasteiger partial charge in [0.05, 0.1) is 0 Å². The molecule has 26 heavy (non-hydrogen) atoms. The zero-order valence-corrected chi connectivity index (χ0v) is 15.3. The first-order valence-corrected chi connectivity index (χ1v) is 9.73. The first-order chi connectivity index (χ1) is 12.3. The maximum absolute atomic E-state index is 12.7. The van der Waals surface area contributed by atoms with Crippen LogP contribution in [0, 0.1) is 5.41 Å². The van der Waals surface area contributed by atoms with E-state index < -0.39 is 15.9 Å². The smallest absolute Gasteiger partial charge is 0.339 e. The normalized spacial score (nSPS) is 14.8. The van der Waals surface area contributed by atoms with Gasteiger partial charge in [0.1, 0.15) is 16.4 Å². The highest BCUT2D eigenvalue weighted by Gasteiger charge is 2.27. The Bertz CT molecular complexity index is 1000. The van der Waals surface area contributed by atoms with E-state index in [1.54, 1.807) is 12.1 Å². The van der Waals surface area contributed by atoms with Crippen molar-refractivity contribution >= 4 is 27.7 Å². The van der Waals surface area contributed by atoms with Crippen LogP contribution in [0.5, 0.6) is 5.75 Å². The molecule has 0 aromatic heterocycles. The molecule has 0 saturated carbocycles. The number of rotatable bonds is 5. The third kappa shape index (κ3) is 3.32.